The number of anilines is 2. The third kappa shape index (κ3) is 12.7. The number of pyridine rings is 1. The standard InChI is InChI=1S/C24H26Cl2N4O2.C3H6/c1-6-21(26)22(28-16(2)25)29-19-9-7-8-17(14-19)10-11-18-15-20(12-13-27-18)30-23(31)32-24(3,4)5;1-3-2/h6-9,12-16H,1-5H3,(H,28,29)(H,27,30,31);3H,1H2,2H3/b21-6+;. The third-order valence-corrected chi connectivity index (χ3v) is 4.15. The van der Waals surface area contributed by atoms with Crippen molar-refractivity contribution in [3.05, 3.63) is 77.6 Å². The van der Waals surface area contributed by atoms with Gasteiger partial charge in [0.05, 0.1) is 5.03 Å². The van der Waals surface area contributed by atoms with Crippen LogP contribution < -0.4 is 10.6 Å². The zero-order valence-corrected chi connectivity index (χ0v) is 22.5. The molecule has 2 N–H and O–H groups in total. The number of amides is 1. The maximum Gasteiger partial charge on any atom is 0.412 e. The lowest BCUT2D eigenvalue weighted by Crippen LogP contribution is -2.27. The maximum absolute atomic E-state index is 12.0. The molecule has 0 spiro atoms. The van der Waals surface area contributed by atoms with Gasteiger partial charge in [-0.3, -0.25) is 5.32 Å². The molecule has 0 aliphatic carbocycles. The van der Waals surface area contributed by atoms with Gasteiger partial charge in [-0.1, -0.05) is 47.3 Å². The topological polar surface area (TPSA) is 75.6 Å². The van der Waals surface area contributed by atoms with Crippen molar-refractivity contribution in [3.63, 3.8) is 0 Å². The molecule has 2 rings (SSSR count). The van der Waals surface area contributed by atoms with Gasteiger partial charge in [-0.25, -0.2) is 14.8 Å². The van der Waals surface area contributed by atoms with Crippen molar-refractivity contribution in [3.8, 4) is 11.8 Å². The van der Waals surface area contributed by atoms with Crippen LogP contribution in [0, 0.1) is 11.8 Å². The molecule has 8 heteroatoms. The average molecular weight is 515 g/mol. The summed E-state index contributed by atoms with van der Waals surface area (Å²) in [4.78, 5) is 20.5. The van der Waals surface area contributed by atoms with Gasteiger partial charge < -0.3 is 10.1 Å². The third-order valence-electron chi connectivity index (χ3n) is 3.65. The Balaban J connectivity index is 0.00000194. The number of nitrogens with zero attached hydrogens (tertiary/aromatic N) is 2. The fourth-order valence-electron chi connectivity index (χ4n) is 2.41. The number of benzene rings is 1. The summed E-state index contributed by atoms with van der Waals surface area (Å²) in [5.41, 5.74) is 1.57. The van der Waals surface area contributed by atoms with Gasteiger partial charge in [0.2, 0.25) is 0 Å². The lowest BCUT2D eigenvalue weighted by atomic mass is 10.2. The molecule has 1 amide bonds. The lowest BCUT2D eigenvalue weighted by molar-refractivity contribution is 0.0636. The molecule has 0 bridgehead atoms. The van der Waals surface area contributed by atoms with Crippen molar-refractivity contribution in [2.75, 3.05) is 10.6 Å². The van der Waals surface area contributed by atoms with E-state index in [1.807, 2.05) is 38.1 Å². The van der Waals surface area contributed by atoms with Crippen molar-refractivity contribution >= 4 is 46.5 Å². The highest BCUT2D eigenvalue weighted by atomic mass is 35.5. The summed E-state index contributed by atoms with van der Waals surface area (Å²) in [7, 11) is 0. The van der Waals surface area contributed by atoms with Crippen LogP contribution in [0.4, 0.5) is 16.2 Å². The van der Waals surface area contributed by atoms with E-state index in [-0.39, 0.29) is 0 Å². The van der Waals surface area contributed by atoms with E-state index in [2.05, 4.69) is 39.0 Å². The number of carbonyl (C=O) groups excluding carboxylic acids is 1. The van der Waals surface area contributed by atoms with E-state index in [1.165, 1.54) is 0 Å². The fraction of sp³-hybridized carbons (Fsp3) is 0.296. The number of halogens is 2. The summed E-state index contributed by atoms with van der Waals surface area (Å²) in [5, 5.41) is 6.31. The molecule has 1 heterocycles. The van der Waals surface area contributed by atoms with Crippen molar-refractivity contribution in [1.82, 2.24) is 4.98 Å². The molecule has 0 aliphatic rings. The second kappa shape index (κ2) is 14.9. The Kier molecular flexibility index (Phi) is 12.6. The van der Waals surface area contributed by atoms with Crippen LogP contribution in [0.5, 0.6) is 0 Å². The summed E-state index contributed by atoms with van der Waals surface area (Å²) in [6.45, 7) is 14.2. The molecule has 1 aromatic heterocycles. The Bertz CT molecular complexity index is 1120. The summed E-state index contributed by atoms with van der Waals surface area (Å²) in [6.07, 6.45) is 4.52. The highest BCUT2D eigenvalue weighted by Gasteiger charge is 2.16. The number of nitrogens with one attached hydrogen (secondary N) is 2. The molecule has 186 valence electrons. The van der Waals surface area contributed by atoms with Crippen molar-refractivity contribution < 1.29 is 9.53 Å². The normalized spacial score (nSPS) is 12.2. The van der Waals surface area contributed by atoms with Crippen LogP contribution in [-0.4, -0.2) is 28.0 Å². The van der Waals surface area contributed by atoms with Crippen LogP contribution >= 0.6 is 23.2 Å². The fourth-order valence-corrected chi connectivity index (χ4v) is 2.61. The molecular formula is C27H32Cl2N4O2. The van der Waals surface area contributed by atoms with E-state index in [9.17, 15) is 4.79 Å². The number of amidine groups is 1. The zero-order chi connectivity index (χ0) is 26.4. The highest BCUT2D eigenvalue weighted by molar-refractivity contribution is 6.45. The van der Waals surface area contributed by atoms with Crippen molar-refractivity contribution in [2.24, 2.45) is 4.99 Å². The Morgan fingerprint density at radius 2 is 1.83 bits per heavy atom. The molecule has 0 saturated heterocycles. The van der Waals surface area contributed by atoms with E-state index in [0.29, 0.717) is 22.2 Å². The first-order chi connectivity index (χ1) is 16.5. The molecule has 1 aromatic carbocycles. The van der Waals surface area contributed by atoms with Gasteiger partial charge in [0.1, 0.15) is 22.6 Å². The predicted octanol–water partition coefficient (Wildman–Crippen LogP) is 7.56. The van der Waals surface area contributed by atoms with Crippen LogP contribution in [0.25, 0.3) is 0 Å². The Labute approximate surface area is 218 Å². The number of aliphatic imine (C=N–C) groups is 1. The van der Waals surface area contributed by atoms with E-state index in [4.69, 9.17) is 27.9 Å². The second-order valence-electron chi connectivity index (χ2n) is 8.11. The van der Waals surface area contributed by atoms with Crippen molar-refractivity contribution in [1.29, 1.82) is 0 Å². The number of alkyl halides is 1. The van der Waals surface area contributed by atoms with E-state index >= 15 is 0 Å². The highest BCUT2D eigenvalue weighted by Crippen LogP contribution is 2.16. The van der Waals surface area contributed by atoms with Gasteiger partial charge in [0.25, 0.3) is 0 Å². The number of hydrogen-bond acceptors (Lipinski definition) is 4. The van der Waals surface area contributed by atoms with Gasteiger partial charge in [-0.2, -0.15) is 0 Å². The summed E-state index contributed by atoms with van der Waals surface area (Å²) in [5.74, 6) is 6.54. The van der Waals surface area contributed by atoms with Crippen LogP contribution in [0.3, 0.4) is 0 Å². The average Bonchev–Trinajstić information content (AvgIpc) is 2.76. The Morgan fingerprint density at radius 3 is 2.43 bits per heavy atom. The SMILES string of the molecule is C/C=C(Cl)\C(=N/C(C)Cl)Nc1cccc(C#Cc2cc(NC(=O)OC(C)(C)C)ccn2)c1.C=CC. The number of ether oxygens (including phenoxy) is 1. The van der Waals surface area contributed by atoms with Crippen LogP contribution in [-0.2, 0) is 4.74 Å². The van der Waals surface area contributed by atoms with Crippen LogP contribution in [0.1, 0.15) is 52.8 Å². The molecule has 0 aliphatic heterocycles. The number of allylic oxidation sites excluding steroid dienone is 2. The van der Waals surface area contributed by atoms with Gasteiger partial charge in [0, 0.05) is 23.1 Å². The molecule has 0 radical (unpaired) electrons. The summed E-state index contributed by atoms with van der Waals surface area (Å²) >= 11 is 12.2. The summed E-state index contributed by atoms with van der Waals surface area (Å²) in [6, 6.07) is 10.8. The first-order valence-electron chi connectivity index (χ1n) is 10.9. The summed E-state index contributed by atoms with van der Waals surface area (Å²) < 4.78 is 5.26. The molecule has 0 saturated carbocycles. The largest absolute Gasteiger partial charge is 0.444 e. The van der Waals surface area contributed by atoms with E-state index in [0.717, 1.165) is 11.3 Å². The van der Waals surface area contributed by atoms with E-state index in [1.54, 1.807) is 58.2 Å². The lowest BCUT2D eigenvalue weighted by Gasteiger charge is -2.19. The maximum atomic E-state index is 12.0. The first kappa shape index (κ1) is 29.8. The first-order valence-corrected chi connectivity index (χ1v) is 11.7. The van der Waals surface area contributed by atoms with E-state index < -0.39 is 17.2 Å². The predicted molar refractivity (Wildman–Crippen MR) is 148 cm³/mol. The minimum absolute atomic E-state index is 0.429. The smallest absolute Gasteiger partial charge is 0.412 e. The molecule has 0 fully saturated rings. The molecule has 35 heavy (non-hydrogen) atoms. The Morgan fingerprint density at radius 1 is 1.17 bits per heavy atom. The number of rotatable bonds is 4. The minimum atomic E-state index is -0.581. The quantitative estimate of drug-likeness (QED) is 0.110. The molecular weight excluding hydrogens is 483 g/mol. The van der Waals surface area contributed by atoms with Crippen LogP contribution in [0.2, 0.25) is 0 Å². The number of carbonyl (C=O) groups is 1. The monoisotopic (exact) mass is 514 g/mol. The molecule has 1 unspecified atom stereocenters. The van der Waals surface area contributed by atoms with Gasteiger partial charge in [0.15, 0.2) is 0 Å². The molecule has 1 atom stereocenters. The molecule has 2 aromatic rings. The number of hydrogen-bond donors (Lipinski definition) is 2. The van der Waals surface area contributed by atoms with Gasteiger partial charge in [-0.15, -0.1) is 6.58 Å². The minimum Gasteiger partial charge on any atom is -0.444 e. The van der Waals surface area contributed by atoms with Gasteiger partial charge >= 0.3 is 6.09 Å². The van der Waals surface area contributed by atoms with Crippen molar-refractivity contribution in [2.45, 2.75) is 52.6 Å². The molecule has 6 nitrogen and oxygen atoms in total. The van der Waals surface area contributed by atoms with Gasteiger partial charge in [-0.05, 0) is 77.8 Å². The number of aromatic nitrogens is 1. The van der Waals surface area contributed by atoms with Crippen LogP contribution in [0.15, 0.2) is 71.4 Å². The second-order valence-corrected chi connectivity index (χ2v) is 9.15. The Hall–Kier alpha value is -3.27. The zero-order valence-electron chi connectivity index (χ0n) is 20.9.